The van der Waals surface area contributed by atoms with E-state index < -0.39 is 11.5 Å². The van der Waals surface area contributed by atoms with Gasteiger partial charge in [0.2, 0.25) is 0 Å². The largest absolute Gasteiger partial charge is 0.508 e. The predicted octanol–water partition coefficient (Wildman–Crippen LogP) is 3.90. The van der Waals surface area contributed by atoms with Crippen molar-refractivity contribution < 1.29 is 9.90 Å². The van der Waals surface area contributed by atoms with E-state index in [1.165, 1.54) is 0 Å². The third-order valence-electron chi connectivity index (χ3n) is 4.94. The first-order valence-corrected chi connectivity index (χ1v) is 8.33. The summed E-state index contributed by atoms with van der Waals surface area (Å²) in [6.45, 7) is 3.93. The van der Waals surface area contributed by atoms with Crippen LogP contribution in [0.2, 0.25) is 5.02 Å². The molecule has 24 heavy (non-hydrogen) atoms. The van der Waals surface area contributed by atoms with Gasteiger partial charge in [-0.3, -0.25) is 4.79 Å². The second kappa shape index (κ2) is 5.11. The normalized spacial score (nSPS) is 22.0. The molecule has 1 atom stereocenters. The molecule has 1 aromatic heterocycles. The van der Waals surface area contributed by atoms with Crippen LogP contribution in [0.4, 0.5) is 5.82 Å². The molecular weight excluding hydrogens is 326 g/mol. The number of nitrogens with one attached hydrogen (secondary N) is 1. The molecule has 2 aromatic rings. The molecule has 1 unspecified atom stereocenters. The van der Waals surface area contributed by atoms with Crippen LogP contribution in [-0.4, -0.2) is 20.7 Å². The number of carbonyl (C=O) groups is 1. The maximum Gasteiger partial charge on any atom is 0.168 e. The van der Waals surface area contributed by atoms with E-state index in [-0.39, 0.29) is 11.5 Å². The van der Waals surface area contributed by atoms with Gasteiger partial charge in [-0.1, -0.05) is 25.4 Å². The molecule has 0 radical (unpaired) electrons. The molecule has 0 bridgehead atoms. The molecule has 0 fully saturated rings. The number of phenolic OH excluding ortho intramolecular Hbond substituents is 1. The molecule has 5 nitrogen and oxygen atoms in total. The lowest BCUT2D eigenvalue weighted by atomic mass is 9.71. The standard InChI is InChI=1S/C18H18ClN3O2/c1-18(2)7-5-12-15(17(18)24)16(22-14(21-12)6-8-20-22)11-9-10(19)3-4-13(11)23/h3-4,6,8-9,16,21,23H,5,7H2,1-2H3. The fraction of sp³-hybridized carbons (Fsp3) is 0.333. The second-order valence-electron chi connectivity index (χ2n) is 7.00. The van der Waals surface area contributed by atoms with E-state index in [4.69, 9.17) is 11.6 Å². The Bertz CT molecular complexity index is 882. The van der Waals surface area contributed by atoms with Gasteiger partial charge in [0.05, 0.1) is 6.20 Å². The number of ketones is 1. The van der Waals surface area contributed by atoms with Crippen molar-refractivity contribution in [2.45, 2.75) is 32.7 Å². The van der Waals surface area contributed by atoms with Gasteiger partial charge in [0, 0.05) is 33.3 Å². The summed E-state index contributed by atoms with van der Waals surface area (Å²) in [5.74, 6) is 1.00. The molecule has 2 aliphatic rings. The number of aromatic nitrogens is 2. The van der Waals surface area contributed by atoms with E-state index in [0.717, 1.165) is 24.4 Å². The Balaban J connectivity index is 1.97. The van der Waals surface area contributed by atoms with E-state index in [1.54, 1.807) is 29.1 Å². The summed E-state index contributed by atoms with van der Waals surface area (Å²) in [5, 5.41) is 18.6. The monoisotopic (exact) mass is 343 g/mol. The van der Waals surface area contributed by atoms with Crippen LogP contribution in [0, 0.1) is 5.41 Å². The number of nitrogens with zero attached hydrogens (tertiary/aromatic N) is 2. The minimum atomic E-state index is -0.475. The van der Waals surface area contributed by atoms with Gasteiger partial charge in [-0.2, -0.15) is 5.10 Å². The van der Waals surface area contributed by atoms with Crippen LogP contribution in [0.3, 0.4) is 0 Å². The molecule has 0 saturated heterocycles. The third kappa shape index (κ3) is 2.15. The van der Waals surface area contributed by atoms with E-state index in [9.17, 15) is 9.90 Å². The molecule has 2 N–H and O–H groups in total. The number of rotatable bonds is 1. The number of aromatic hydroxyl groups is 1. The van der Waals surface area contributed by atoms with E-state index in [2.05, 4.69) is 10.4 Å². The van der Waals surface area contributed by atoms with E-state index in [1.807, 2.05) is 19.9 Å². The Labute approximate surface area is 144 Å². The van der Waals surface area contributed by atoms with Crippen molar-refractivity contribution in [1.29, 1.82) is 0 Å². The third-order valence-corrected chi connectivity index (χ3v) is 5.17. The Kier molecular flexibility index (Phi) is 3.25. The van der Waals surface area contributed by atoms with Crippen molar-refractivity contribution in [3.63, 3.8) is 0 Å². The van der Waals surface area contributed by atoms with Crippen LogP contribution in [0.25, 0.3) is 0 Å². The molecule has 6 heteroatoms. The summed E-state index contributed by atoms with van der Waals surface area (Å²) < 4.78 is 1.74. The first-order valence-electron chi connectivity index (χ1n) is 7.95. The number of carbonyl (C=O) groups excluding carboxylic acids is 1. The highest BCUT2D eigenvalue weighted by Crippen LogP contribution is 2.47. The highest BCUT2D eigenvalue weighted by Gasteiger charge is 2.43. The van der Waals surface area contributed by atoms with Gasteiger partial charge in [-0.25, -0.2) is 4.68 Å². The lowest BCUT2D eigenvalue weighted by Crippen LogP contribution is -2.39. The molecule has 1 aromatic carbocycles. The molecule has 4 rings (SSSR count). The number of Topliss-reactive ketones (excluding diaryl/α,β-unsaturated/α-hetero) is 1. The molecule has 1 aliphatic heterocycles. The van der Waals surface area contributed by atoms with Gasteiger partial charge in [0.25, 0.3) is 0 Å². The summed E-state index contributed by atoms with van der Waals surface area (Å²) in [6, 6.07) is 6.28. The van der Waals surface area contributed by atoms with Crippen LogP contribution in [0.5, 0.6) is 5.75 Å². The average Bonchev–Trinajstić information content (AvgIpc) is 3.00. The predicted molar refractivity (Wildman–Crippen MR) is 92.2 cm³/mol. The zero-order valence-electron chi connectivity index (χ0n) is 13.5. The maximum atomic E-state index is 13.1. The minimum Gasteiger partial charge on any atom is -0.508 e. The quantitative estimate of drug-likeness (QED) is 0.824. The number of allylic oxidation sites excluding steroid dienone is 2. The summed E-state index contributed by atoms with van der Waals surface area (Å²) in [7, 11) is 0. The van der Waals surface area contributed by atoms with Crippen molar-refractivity contribution >= 4 is 23.2 Å². The highest BCUT2D eigenvalue weighted by molar-refractivity contribution is 6.30. The lowest BCUT2D eigenvalue weighted by Gasteiger charge is -2.39. The summed E-state index contributed by atoms with van der Waals surface area (Å²) >= 11 is 6.15. The number of halogens is 1. The van der Waals surface area contributed by atoms with Crippen LogP contribution < -0.4 is 5.32 Å². The van der Waals surface area contributed by atoms with Crippen molar-refractivity contribution in [3.8, 4) is 5.75 Å². The van der Waals surface area contributed by atoms with Gasteiger partial charge < -0.3 is 10.4 Å². The van der Waals surface area contributed by atoms with Crippen molar-refractivity contribution in [2.24, 2.45) is 5.41 Å². The fourth-order valence-corrected chi connectivity index (χ4v) is 3.71. The zero-order valence-corrected chi connectivity index (χ0v) is 14.3. The number of anilines is 1. The van der Waals surface area contributed by atoms with Gasteiger partial charge >= 0.3 is 0 Å². The maximum absolute atomic E-state index is 13.1. The van der Waals surface area contributed by atoms with Crippen LogP contribution in [0.1, 0.15) is 38.3 Å². The number of phenols is 1. The van der Waals surface area contributed by atoms with Gasteiger partial charge in [0.1, 0.15) is 17.6 Å². The summed E-state index contributed by atoms with van der Waals surface area (Å²) in [6.07, 6.45) is 3.27. The molecule has 0 saturated carbocycles. The van der Waals surface area contributed by atoms with E-state index >= 15 is 0 Å². The zero-order chi connectivity index (χ0) is 17.1. The minimum absolute atomic E-state index is 0.0850. The molecule has 1 aliphatic carbocycles. The second-order valence-corrected chi connectivity index (χ2v) is 7.43. The molecule has 0 amide bonds. The number of hydrogen-bond donors (Lipinski definition) is 2. The first-order chi connectivity index (χ1) is 11.4. The van der Waals surface area contributed by atoms with Gasteiger partial charge in [-0.05, 0) is 31.0 Å². The lowest BCUT2D eigenvalue weighted by molar-refractivity contribution is -0.124. The fourth-order valence-electron chi connectivity index (χ4n) is 3.53. The summed E-state index contributed by atoms with van der Waals surface area (Å²) in [5.41, 5.74) is 1.74. The van der Waals surface area contributed by atoms with Crippen LogP contribution >= 0.6 is 11.6 Å². The van der Waals surface area contributed by atoms with Gasteiger partial charge in [-0.15, -0.1) is 0 Å². The topological polar surface area (TPSA) is 67.1 Å². The van der Waals surface area contributed by atoms with E-state index in [0.29, 0.717) is 16.2 Å². The highest BCUT2D eigenvalue weighted by atomic mass is 35.5. The Morgan fingerprint density at radius 2 is 2.17 bits per heavy atom. The molecule has 0 spiro atoms. The Morgan fingerprint density at radius 3 is 2.96 bits per heavy atom. The smallest absolute Gasteiger partial charge is 0.168 e. The van der Waals surface area contributed by atoms with Crippen molar-refractivity contribution in [3.05, 3.63) is 52.3 Å². The van der Waals surface area contributed by atoms with Gasteiger partial charge in [0.15, 0.2) is 5.78 Å². The molecule has 2 heterocycles. The van der Waals surface area contributed by atoms with Crippen molar-refractivity contribution in [2.75, 3.05) is 5.32 Å². The SMILES string of the molecule is CC1(C)CCC2=C(C1=O)C(c1cc(Cl)ccc1O)n1nccc1N2. The Hall–Kier alpha value is -2.27. The number of fused-ring (bicyclic) bond motifs is 1. The number of benzene rings is 1. The molecule has 124 valence electrons. The number of hydrogen-bond acceptors (Lipinski definition) is 4. The Morgan fingerprint density at radius 1 is 1.38 bits per heavy atom. The van der Waals surface area contributed by atoms with Crippen LogP contribution in [-0.2, 0) is 4.79 Å². The summed E-state index contributed by atoms with van der Waals surface area (Å²) in [4.78, 5) is 13.1. The average molecular weight is 344 g/mol. The molecular formula is C18H18ClN3O2. The first kappa shape index (κ1) is 15.3. The van der Waals surface area contributed by atoms with Crippen molar-refractivity contribution in [1.82, 2.24) is 9.78 Å². The van der Waals surface area contributed by atoms with Crippen LogP contribution in [0.15, 0.2) is 41.7 Å².